The molecule has 15 heteroatoms. The van der Waals surface area contributed by atoms with Gasteiger partial charge < -0.3 is 35.4 Å². The first-order valence-corrected chi connectivity index (χ1v) is 23.9. The van der Waals surface area contributed by atoms with Gasteiger partial charge >= 0.3 is 5.97 Å². The lowest BCUT2D eigenvalue weighted by atomic mass is 9.75. The largest absolute Gasteiger partial charge is 0.497 e. The van der Waals surface area contributed by atoms with Crippen LogP contribution in [-0.2, 0) is 24.0 Å². The Kier molecular flexibility index (Phi) is 13.4. The number of ether oxygens (including phenoxy) is 2. The van der Waals surface area contributed by atoms with Crippen LogP contribution in [0.3, 0.4) is 0 Å². The van der Waals surface area contributed by atoms with E-state index in [1.807, 2.05) is 43.5 Å². The lowest BCUT2D eigenvalue weighted by Gasteiger charge is -2.31. The lowest BCUT2D eigenvalue weighted by Crippen LogP contribution is -2.56. The van der Waals surface area contributed by atoms with Crippen molar-refractivity contribution in [1.29, 1.82) is 0 Å². The molecule has 2 aromatic heterocycles. The second-order valence-corrected chi connectivity index (χ2v) is 19.6. The number of ketones is 1. The molecule has 1 unspecified atom stereocenters. The topological polar surface area (TPSA) is 189 Å². The van der Waals surface area contributed by atoms with Crippen molar-refractivity contribution in [1.82, 2.24) is 25.5 Å². The summed E-state index contributed by atoms with van der Waals surface area (Å²) in [5.41, 5.74) is 0.463. The van der Waals surface area contributed by atoms with Gasteiger partial charge in [-0.3, -0.25) is 19.2 Å². The minimum atomic E-state index is -1.38. The molecule has 3 aromatic rings. The third kappa shape index (κ3) is 9.87. The third-order valence-corrected chi connectivity index (χ3v) is 14.6. The molecule has 5 aliphatic rings. The van der Waals surface area contributed by atoms with Crippen molar-refractivity contribution in [2.75, 3.05) is 19.0 Å². The monoisotopic (exact) mass is 870 g/mol. The number of carbonyl (C=O) groups is 5. The van der Waals surface area contributed by atoms with Crippen LogP contribution in [0.2, 0.25) is 0 Å². The Labute approximate surface area is 367 Å². The Morgan fingerprint density at radius 2 is 1.68 bits per heavy atom. The molecule has 3 amide bonds. The lowest BCUT2D eigenvalue weighted by molar-refractivity contribution is -0.146. The number of rotatable bonds is 13. The SMILES string of the molecule is COc1ccc2c(O[C@@H]3C[C@H]4C(=O)N[C@]5(C(=O)O)CC5CCCCCCC[C@H](NC(=O)C[C@H](C(=O)C5CC5)C5CCCCC5)C(=O)N4C3)cc(-c3csc(NC(C)C)n3)nc2c1. The van der Waals surface area contributed by atoms with Crippen molar-refractivity contribution in [2.45, 2.75) is 153 Å². The summed E-state index contributed by atoms with van der Waals surface area (Å²) in [4.78, 5) is 81.0. The molecule has 0 radical (unpaired) electrons. The van der Waals surface area contributed by atoms with Crippen molar-refractivity contribution in [3.63, 3.8) is 0 Å². The Hall–Kier alpha value is -4.79. The van der Waals surface area contributed by atoms with Gasteiger partial charge in [0.15, 0.2) is 5.13 Å². The highest BCUT2D eigenvalue weighted by atomic mass is 32.1. The van der Waals surface area contributed by atoms with Gasteiger partial charge in [-0.2, -0.15) is 0 Å². The average molecular weight is 871 g/mol. The summed E-state index contributed by atoms with van der Waals surface area (Å²) in [7, 11) is 1.59. The highest BCUT2D eigenvalue weighted by Crippen LogP contribution is 2.48. The molecule has 334 valence electrons. The van der Waals surface area contributed by atoms with Crippen LogP contribution < -0.4 is 25.4 Å². The molecule has 62 heavy (non-hydrogen) atoms. The van der Waals surface area contributed by atoms with Crippen molar-refractivity contribution in [3.05, 3.63) is 29.6 Å². The summed E-state index contributed by atoms with van der Waals surface area (Å²) in [6.07, 6.45) is 12.0. The standard InChI is InChI=1S/C47H62N6O8S/c1-27(2)48-46-51-38(26-62-46)37-23-40(33-19-18-31(60-3)20-36(33)49-37)61-32-21-39-43(56)52-47(45(58)59)24-30(47)14-10-5-4-6-11-15-35(44(57)53(39)25-32)50-41(54)22-34(42(55)29-16-17-29)28-12-8-7-9-13-28/h18-20,23,26-30,32,34-35,39H,4-17,21-22,24-25H2,1-3H3,(H,48,51)(H,50,54)(H,52,56)(H,58,59)/t30?,32-,34+,35+,39+,47-/m1/s1. The molecule has 1 aromatic carbocycles. The van der Waals surface area contributed by atoms with Crippen LogP contribution in [-0.4, -0.2) is 92.9 Å². The van der Waals surface area contributed by atoms with Crippen molar-refractivity contribution < 1.29 is 38.6 Å². The van der Waals surface area contributed by atoms with Gasteiger partial charge in [-0.05, 0) is 82.8 Å². The van der Waals surface area contributed by atoms with Crippen LogP contribution in [0.1, 0.15) is 123 Å². The summed E-state index contributed by atoms with van der Waals surface area (Å²) in [6, 6.07) is 5.55. The molecule has 8 rings (SSSR count). The Bertz CT molecular complexity index is 2150. The molecule has 14 nitrogen and oxygen atoms in total. The molecule has 2 saturated heterocycles. The number of hydrogen-bond acceptors (Lipinski definition) is 11. The molecule has 0 bridgehead atoms. The van der Waals surface area contributed by atoms with E-state index >= 15 is 0 Å². The van der Waals surface area contributed by atoms with Gasteiger partial charge in [0.2, 0.25) is 17.7 Å². The molecule has 0 spiro atoms. The summed E-state index contributed by atoms with van der Waals surface area (Å²) in [5, 5.41) is 23.1. The van der Waals surface area contributed by atoms with Crippen LogP contribution in [0.15, 0.2) is 29.6 Å². The second-order valence-electron chi connectivity index (χ2n) is 18.7. The van der Waals surface area contributed by atoms with Crippen LogP contribution in [0, 0.1) is 23.7 Å². The van der Waals surface area contributed by atoms with Gasteiger partial charge in [0.05, 0.1) is 24.9 Å². The number of pyridine rings is 1. The molecule has 3 aliphatic carbocycles. The summed E-state index contributed by atoms with van der Waals surface area (Å²) in [6.45, 7) is 4.12. The van der Waals surface area contributed by atoms with E-state index in [9.17, 15) is 29.1 Å². The number of methoxy groups -OCH3 is 1. The van der Waals surface area contributed by atoms with Gasteiger partial charge in [-0.25, -0.2) is 14.8 Å². The number of anilines is 1. The predicted molar refractivity (Wildman–Crippen MR) is 236 cm³/mol. The maximum absolute atomic E-state index is 14.9. The van der Waals surface area contributed by atoms with Crippen LogP contribution in [0.5, 0.6) is 11.5 Å². The third-order valence-electron chi connectivity index (χ3n) is 13.8. The number of carbonyl (C=O) groups excluding carboxylic acids is 4. The highest BCUT2D eigenvalue weighted by Gasteiger charge is 2.62. The van der Waals surface area contributed by atoms with Gasteiger partial charge in [0.1, 0.15) is 46.7 Å². The van der Waals surface area contributed by atoms with Crippen LogP contribution in [0.4, 0.5) is 5.13 Å². The molecule has 5 fully saturated rings. The van der Waals surface area contributed by atoms with E-state index in [2.05, 4.69) is 16.0 Å². The molecule has 4 heterocycles. The number of hydrogen-bond donors (Lipinski definition) is 4. The van der Waals surface area contributed by atoms with Crippen molar-refractivity contribution in [2.24, 2.45) is 23.7 Å². The quantitative estimate of drug-likeness (QED) is 0.135. The summed E-state index contributed by atoms with van der Waals surface area (Å²) >= 11 is 1.47. The van der Waals surface area contributed by atoms with Crippen LogP contribution >= 0.6 is 11.3 Å². The van der Waals surface area contributed by atoms with Crippen molar-refractivity contribution in [3.8, 4) is 22.9 Å². The number of nitrogens with zero attached hydrogens (tertiary/aromatic N) is 3. The normalized spacial score (nSPS) is 26.7. The Balaban J connectivity index is 1.09. The maximum atomic E-state index is 14.9. The molecule has 4 N–H and O–H groups in total. The van der Waals surface area contributed by atoms with Gasteiger partial charge in [-0.15, -0.1) is 11.3 Å². The van der Waals surface area contributed by atoms with Gasteiger partial charge in [0.25, 0.3) is 0 Å². The van der Waals surface area contributed by atoms with E-state index in [1.54, 1.807) is 7.11 Å². The fraction of sp³-hybridized carbons (Fsp3) is 0.638. The van der Waals surface area contributed by atoms with E-state index in [0.29, 0.717) is 59.5 Å². The first-order chi connectivity index (χ1) is 29.9. The van der Waals surface area contributed by atoms with Crippen molar-refractivity contribution >= 4 is 56.8 Å². The number of thiazole rings is 1. The van der Waals surface area contributed by atoms with E-state index in [0.717, 1.165) is 75.8 Å². The number of benzene rings is 1. The first-order valence-electron chi connectivity index (χ1n) is 23.0. The number of carboxylic acid groups (broad SMARTS) is 1. The van der Waals surface area contributed by atoms with E-state index < -0.39 is 41.5 Å². The zero-order chi connectivity index (χ0) is 43.5. The van der Waals surface area contributed by atoms with Crippen LogP contribution in [0.25, 0.3) is 22.3 Å². The minimum absolute atomic E-state index is 0.0338. The number of amides is 3. The molecule has 3 saturated carbocycles. The molecule has 2 aliphatic heterocycles. The number of aromatic nitrogens is 2. The zero-order valence-corrected chi connectivity index (χ0v) is 37.1. The molecular weight excluding hydrogens is 809 g/mol. The number of fused-ring (bicyclic) bond motifs is 3. The number of carboxylic acids is 1. The Morgan fingerprint density at radius 3 is 2.40 bits per heavy atom. The molecular formula is C47H62N6O8S. The highest BCUT2D eigenvalue weighted by molar-refractivity contribution is 7.14. The van der Waals surface area contributed by atoms with E-state index in [-0.39, 0.29) is 60.8 Å². The van der Waals surface area contributed by atoms with Gasteiger partial charge in [0, 0.05) is 53.6 Å². The summed E-state index contributed by atoms with van der Waals surface area (Å²) < 4.78 is 12.3. The van der Waals surface area contributed by atoms with Gasteiger partial charge in [-0.1, -0.05) is 51.4 Å². The number of aliphatic carboxylic acids is 1. The number of Topliss-reactive ketones (excluding diaryl/α,β-unsaturated/α-hetero) is 1. The number of nitrogens with one attached hydrogen (secondary N) is 3. The average Bonchev–Trinajstić information content (AvgIpc) is 4.14. The fourth-order valence-corrected chi connectivity index (χ4v) is 11.0. The zero-order valence-electron chi connectivity index (χ0n) is 36.3. The smallest absolute Gasteiger partial charge is 0.329 e. The second kappa shape index (κ2) is 18.9. The maximum Gasteiger partial charge on any atom is 0.329 e. The Morgan fingerprint density at radius 1 is 0.952 bits per heavy atom. The minimum Gasteiger partial charge on any atom is -0.497 e. The first kappa shape index (κ1) is 43.8. The fourth-order valence-electron chi connectivity index (χ4n) is 10.1. The summed E-state index contributed by atoms with van der Waals surface area (Å²) in [5.74, 6) is -1.38. The predicted octanol–water partition coefficient (Wildman–Crippen LogP) is 7.29. The molecule has 6 atom stereocenters. The van der Waals surface area contributed by atoms with E-state index in [1.165, 1.54) is 16.2 Å². The van der Waals surface area contributed by atoms with E-state index in [4.69, 9.17) is 19.4 Å².